The van der Waals surface area contributed by atoms with E-state index >= 15 is 0 Å². The van der Waals surface area contributed by atoms with E-state index in [-0.39, 0.29) is 12.0 Å². The highest BCUT2D eigenvalue weighted by atomic mass is 16.5. The minimum absolute atomic E-state index is 0.110. The average molecular weight is 232 g/mol. The van der Waals surface area contributed by atoms with E-state index in [1.165, 1.54) is 0 Å². The van der Waals surface area contributed by atoms with Crippen LogP contribution in [-0.2, 0) is 0 Å². The van der Waals surface area contributed by atoms with Crippen LogP contribution in [0.1, 0.15) is 6.92 Å². The molecule has 2 heterocycles. The number of anilines is 1. The van der Waals surface area contributed by atoms with Crippen LogP contribution in [-0.4, -0.2) is 31.1 Å². The second kappa shape index (κ2) is 5.06. The van der Waals surface area contributed by atoms with Gasteiger partial charge in [0.05, 0.1) is 0 Å². The van der Waals surface area contributed by atoms with Gasteiger partial charge in [-0.05, 0) is 6.92 Å². The van der Waals surface area contributed by atoms with Gasteiger partial charge >= 0.3 is 6.01 Å². The maximum Gasteiger partial charge on any atom is 0.323 e. The monoisotopic (exact) mass is 232 g/mol. The first kappa shape index (κ1) is 11.1. The van der Waals surface area contributed by atoms with Crippen LogP contribution in [0.5, 0.6) is 6.01 Å². The summed E-state index contributed by atoms with van der Waals surface area (Å²) in [6, 6.07) is 0.194. The molecule has 0 aliphatic carbocycles. The van der Waals surface area contributed by atoms with Crippen molar-refractivity contribution in [2.75, 3.05) is 12.3 Å². The molecule has 0 amide bonds. The molecule has 0 radical (unpaired) electrons. The van der Waals surface area contributed by atoms with Crippen molar-refractivity contribution < 1.29 is 4.74 Å². The number of nitrogens with zero attached hydrogens (tertiary/aromatic N) is 5. The van der Waals surface area contributed by atoms with Gasteiger partial charge in [-0.2, -0.15) is 15.0 Å². The van der Waals surface area contributed by atoms with Crippen molar-refractivity contribution in [2.24, 2.45) is 0 Å². The Morgan fingerprint density at radius 2 is 2.29 bits per heavy atom. The minimum atomic E-state index is 0.110. The summed E-state index contributed by atoms with van der Waals surface area (Å²) in [6.07, 6.45) is 8.63. The number of allylic oxidation sites excluding steroid dienone is 1. The molecule has 17 heavy (non-hydrogen) atoms. The predicted octanol–water partition coefficient (Wildman–Crippen LogP) is 0.594. The van der Waals surface area contributed by atoms with Gasteiger partial charge in [-0.1, -0.05) is 12.2 Å². The Hall–Kier alpha value is -2.44. The van der Waals surface area contributed by atoms with Crippen molar-refractivity contribution in [2.45, 2.75) is 6.92 Å². The van der Waals surface area contributed by atoms with E-state index in [0.717, 1.165) is 0 Å². The first-order valence-electron chi connectivity index (χ1n) is 5.03. The van der Waals surface area contributed by atoms with E-state index in [0.29, 0.717) is 12.6 Å². The first-order chi connectivity index (χ1) is 8.29. The van der Waals surface area contributed by atoms with Gasteiger partial charge < -0.3 is 10.5 Å². The molecule has 0 saturated carbocycles. The zero-order valence-electron chi connectivity index (χ0n) is 9.32. The number of rotatable bonds is 4. The normalized spacial score (nSPS) is 10.9. The third-order valence-electron chi connectivity index (χ3n) is 1.90. The van der Waals surface area contributed by atoms with Crippen LogP contribution in [0.2, 0.25) is 0 Å². The van der Waals surface area contributed by atoms with Crippen molar-refractivity contribution in [3.63, 3.8) is 0 Å². The molecular weight excluding hydrogens is 220 g/mol. The Morgan fingerprint density at radius 1 is 1.41 bits per heavy atom. The third kappa shape index (κ3) is 2.77. The molecule has 0 fully saturated rings. The van der Waals surface area contributed by atoms with Gasteiger partial charge in [-0.25, -0.2) is 4.98 Å². The lowest BCUT2D eigenvalue weighted by Gasteiger charge is -2.04. The highest BCUT2D eigenvalue weighted by molar-refractivity contribution is 5.25. The summed E-state index contributed by atoms with van der Waals surface area (Å²) in [5.41, 5.74) is 5.58. The third-order valence-corrected chi connectivity index (χ3v) is 1.90. The van der Waals surface area contributed by atoms with E-state index in [1.807, 2.05) is 19.1 Å². The number of hydrogen-bond donors (Lipinski definition) is 1. The molecule has 2 aromatic rings. The second-order valence-electron chi connectivity index (χ2n) is 3.13. The summed E-state index contributed by atoms with van der Waals surface area (Å²) in [6.45, 7) is 2.30. The zero-order valence-corrected chi connectivity index (χ0v) is 9.32. The molecule has 2 rings (SSSR count). The Bertz CT molecular complexity index is 508. The van der Waals surface area contributed by atoms with Gasteiger partial charge in [-0.15, -0.1) is 0 Å². The molecule has 0 aliphatic heterocycles. The van der Waals surface area contributed by atoms with Gasteiger partial charge in [0.25, 0.3) is 0 Å². The van der Waals surface area contributed by atoms with Crippen LogP contribution in [0.15, 0.2) is 30.9 Å². The summed E-state index contributed by atoms with van der Waals surface area (Å²) in [7, 11) is 0. The lowest BCUT2D eigenvalue weighted by Crippen LogP contribution is -2.08. The molecular formula is C10H12N6O. The predicted molar refractivity (Wildman–Crippen MR) is 61.7 cm³/mol. The first-order valence-corrected chi connectivity index (χ1v) is 5.03. The molecule has 0 atom stereocenters. The van der Waals surface area contributed by atoms with Crippen LogP contribution < -0.4 is 10.5 Å². The second-order valence-corrected chi connectivity index (χ2v) is 3.13. The van der Waals surface area contributed by atoms with Crippen molar-refractivity contribution in [1.82, 2.24) is 24.5 Å². The fourth-order valence-corrected chi connectivity index (χ4v) is 1.14. The Balaban J connectivity index is 2.23. The molecule has 0 bridgehead atoms. The topological polar surface area (TPSA) is 91.7 Å². The molecule has 7 nitrogen and oxygen atoms in total. The van der Waals surface area contributed by atoms with Gasteiger partial charge in [0.2, 0.25) is 11.9 Å². The van der Waals surface area contributed by atoms with E-state index in [4.69, 9.17) is 10.5 Å². The maximum absolute atomic E-state index is 5.58. The standard InChI is InChI=1S/C10H12N6O/c1-2-3-6-17-10-14-8(11)13-9(15-10)16-5-4-12-7-16/h2-5,7H,6H2,1H3,(H2,11,13,14,15)/b3-2+. The minimum Gasteiger partial charge on any atom is -0.459 e. The summed E-state index contributed by atoms with van der Waals surface area (Å²) in [5, 5.41) is 0. The molecule has 0 unspecified atom stereocenters. The van der Waals surface area contributed by atoms with Crippen molar-refractivity contribution in [1.29, 1.82) is 0 Å². The molecule has 0 spiro atoms. The smallest absolute Gasteiger partial charge is 0.323 e. The van der Waals surface area contributed by atoms with Crippen LogP contribution in [0.4, 0.5) is 5.95 Å². The van der Waals surface area contributed by atoms with E-state index in [9.17, 15) is 0 Å². The van der Waals surface area contributed by atoms with E-state index in [1.54, 1.807) is 23.3 Å². The molecule has 7 heteroatoms. The van der Waals surface area contributed by atoms with E-state index < -0.39 is 0 Å². The van der Waals surface area contributed by atoms with Crippen LogP contribution in [0.25, 0.3) is 5.95 Å². The molecule has 0 aliphatic rings. The molecule has 0 saturated heterocycles. The average Bonchev–Trinajstić information content (AvgIpc) is 2.82. The highest BCUT2D eigenvalue weighted by Crippen LogP contribution is 2.08. The number of nitrogen functional groups attached to an aromatic ring is 1. The fraction of sp³-hybridized carbons (Fsp3) is 0.200. The summed E-state index contributed by atoms with van der Waals surface area (Å²) in [4.78, 5) is 15.9. The molecule has 88 valence electrons. The molecule has 0 aromatic carbocycles. The van der Waals surface area contributed by atoms with Gasteiger partial charge in [0.15, 0.2) is 0 Å². The maximum atomic E-state index is 5.58. The number of imidazole rings is 1. The SMILES string of the molecule is C/C=C/COc1nc(N)nc(-n2ccnc2)n1. The molecule has 2 N–H and O–H groups in total. The summed E-state index contributed by atoms with van der Waals surface area (Å²) >= 11 is 0. The number of aromatic nitrogens is 5. The van der Waals surface area contributed by atoms with Crippen molar-refractivity contribution in [3.05, 3.63) is 30.9 Å². The lowest BCUT2D eigenvalue weighted by atomic mass is 10.6. The summed E-state index contributed by atoms with van der Waals surface area (Å²) in [5.74, 6) is 0.490. The Morgan fingerprint density at radius 3 is 3.00 bits per heavy atom. The van der Waals surface area contributed by atoms with Crippen LogP contribution in [0, 0.1) is 0 Å². The molecule has 2 aromatic heterocycles. The summed E-state index contributed by atoms with van der Waals surface area (Å²) < 4.78 is 6.93. The van der Waals surface area contributed by atoms with Crippen LogP contribution in [0.3, 0.4) is 0 Å². The van der Waals surface area contributed by atoms with Gasteiger partial charge in [-0.3, -0.25) is 4.57 Å². The van der Waals surface area contributed by atoms with Crippen molar-refractivity contribution in [3.8, 4) is 12.0 Å². The van der Waals surface area contributed by atoms with Gasteiger partial charge in [0, 0.05) is 12.4 Å². The quantitative estimate of drug-likeness (QED) is 0.776. The van der Waals surface area contributed by atoms with Crippen molar-refractivity contribution >= 4 is 5.95 Å². The lowest BCUT2D eigenvalue weighted by molar-refractivity contribution is 0.331. The number of nitrogens with two attached hydrogens (primary N) is 1. The number of ether oxygens (including phenoxy) is 1. The zero-order chi connectivity index (χ0) is 12.1. The number of hydrogen-bond acceptors (Lipinski definition) is 6. The van der Waals surface area contributed by atoms with E-state index in [2.05, 4.69) is 19.9 Å². The Kier molecular flexibility index (Phi) is 3.29. The fourth-order valence-electron chi connectivity index (χ4n) is 1.14. The largest absolute Gasteiger partial charge is 0.459 e. The van der Waals surface area contributed by atoms with Gasteiger partial charge in [0.1, 0.15) is 12.9 Å². The Labute approximate surface area is 98.0 Å². The highest BCUT2D eigenvalue weighted by Gasteiger charge is 2.06. The van der Waals surface area contributed by atoms with Crippen LogP contribution >= 0.6 is 0 Å².